The molecule has 2 aromatic carbocycles. The Balaban J connectivity index is 1.14. The van der Waals surface area contributed by atoms with Crippen molar-refractivity contribution in [3.05, 3.63) is 96.1 Å². The summed E-state index contributed by atoms with van der Waals surface area (Å²) >= 11 is 1.45. The third-order valence-electron chi connectivity index (χ3n) is 5.85. The largest absolute Gasteiger partial charge is 0.336 e. The molecule has 1 aliphatic heterocycles. The third-order valence-corrected chi connectivity index (χ3v) is 6.71. The van der Waals surface area contributed by atoms with Crippen LogP contribution in [0.5, 0.6) is 0 Å². The molecule has 34 heavy (non-hydrogen) atoms. The van der Waals surface area contributed by atoms with Gasteiger partial charge in [-0.1, -0.05) is 30.3 Å². The number of pyridine rings is 2. The highest BCUT2D eigenvalue weighted by atomic mass is 32.2. The number of benzene rings is 2. The van der Waals surface area contributed by atoms with Crippen molar-refractivity contribution in [2.75, 3.05) is 30.9 Å². The SMILES string of the molecule is O=C(c1ccc(NSc2cccc3cccnc23)nc1)N1CCN(Cc2ccc(F)cc2)CC1. The van der Waals surface area contributed by atoms with Gasteiger partial charge in [0.05, 0.1) is 16.0 Å². The Bertz CT molecular complexity index is 1270. The van der Waals surface area contributed by atoms with Gasteiger partial charge in [-0.25, -0.2) is 9.37 Å². The van der Waals surface area contributed by atoms with E-state index in [1.807, 2.05) is 59.5 Å². The highest BCUT2D eigenvalue weighted by Gasteiger charge is 2.22. The number of fused-ring (bicyclic) bond motifs is 1. The molecule has 0 aliphatic carbocycles. The van der Waals surface area contributed by atoms with Crippen LogP contribution in [0.25, 0.3) is 10.9 Å². The number of aromatic nitrogens is 2. The first-order chi connectivity index (χ1) is 16.7. The van der Waals surface area contributed by atoms with Gasteiger partial charge in [0.15, 0.2) is 0 Å². The van der Waals surface area contributed by atoms with E-state index < -0.39 is 0 Å². The lowest BCUT2D eigenvalue weighted by Gasteiger charge is -2.34. The lowest BCUT2D eigenvalue weighted by Crippen LogP contribution is -2.48. The van der Waals surface area contributed by atoms with Crippen LogP contribution in [0, 0.1) is 5.82 Å². The fraction of sp³-hybridized carbons (Fsp3) is 0.192. The molecule has 1 N–H and O–H groups in total. The second-order valence-electron chi connectivity index (χ2n) is 8.16. The van der Waals surface area contributed by atoms with Crippen LogP contribution in [0.15, 0.2) is 84.0 Å². The Morgan fingerprint density at radius 1 is 0.941 bits per heavy atom. The smallest absolute Gasteiger partial charge is 0.255 e. The van der Waals surface area contributed by atoms with Crippen LogP contribution in [-0.2, 0) is 6.54 Å². The summed E-state index contributed by atoms with van der Waals surface area (Å²) < 4.78 is 16.3. The quantitative estimate of drug-likeness (QED) is 0.404. The van der Waals surface area contributed by atoms with Crippen molar-refractivity contribution in [3.63, 3.8) is 0 Å². The molecule has 1 amide bonds. The number of hydrogen-bond acceptors (Lipinski definition) is 6. The normalized spacial score (nSPS) is 14.3. The van der Waals surface area contributed by atoms with Crippen molar-refractivity contribution >= 4 is 34.6 Å². The highest BCUT2D eigenvalue weighted by Crippen LogP contribution is 2.26. The van der Waals surface area contributed by atoms with Crippen LogP contribution < -0.4 is 4.72 Å². The number of rotatable bonds is 6. The number of hydrogen-bond donors (Lipinski definition) is 1. The summed E-state index contributed by atoms with van der Waals surface area (Å²) in [6.07, 6.45) is 3.41. The van der Waals surface area contributed by atoms with Crippen molar-refractivity contribution < 1.29 is 9.18 Å². The molecule has 5 rings (SSSR count). The van der Waals surface area contributed by atoms with Gasteiger partial charge >= 0.3 is 0 Å². The van der Waals surface area contributed by atoms with Gasteiger partial charge in [0.2, 0.25) is 0 Å². The van der Waals surface area contributed by atoms with Crippen LogP contribution in [0.3, 0.4) is 0 Å². The van der Waals surface area contributed by atoms with E-state index in [-0.39, 0.29) is 11.7 Å². The molecular formula is C26H24FN5OS. The fourth-order valence-electron chi connectivity index (χ4n) is 3.99. The Morgan fingerprint density at radius 2 is 1.74 bits per heavy atom. The van der Waals surface area contributed by atoms with Gasteiger partial charge in [-0.2, -0.15) is 0 Å². The molecule has 0 saturated carbocycles. The molecule has 3 heterocycles. The minimum absolute atomic E-state index is 0.00797. The van der Waals surface area contributed by atoms with Crippen LogP contribution >= 0.6 is 11.9 Å². The molecule has 0 bridgehead atoms. The summed E-state index contributed by atoms with van der Waals surface area (Å²) in [5.74, 6) is 0.447. The maximum absolute atomic E-state index is 13.1. The van der Waals surface area contributed by atoms with Crippen LogP contribution in [0.4, 0.5) is 10.2 Å². The lowest BCUT2D eigenvalue weighted by molar-refractivity contribution is 0.0628. The molecule has 4 aromatic rings. The van der Waals surface area contributed by atoms with E-state index in [4.69, 9.17) is 0 Å². The van der Waals surface area contributed by atoms with E-state index in [9.17, 15) is 9.18 Å². The van der Waals surface area contributed by atoms with Gasteiger partial charge in [0.25, 0.3) is 5.91 Å². The molecule has 0 unspecified atom stereocenters. The van der Waals surface area contributed by atoms with E-state index in [0.29, 0.717) is 24.5 Å². The summed E-state index contributed by atoms with van der Waals surface area (Å²) in [4.78, 5) is 27.0. The first kappa shape index (κ1) is 22.3. The van der Waals surface area contributed by atoms with Gasteiger partial charge in [0.1, 0.15) is 11.6 Å². The Hall–Kier alpha value is -3.49. The second kappa shape index (κ2) is 10.2. The van der Waals surface area contributed by atoms with Crippen molar-refractivity contribution in [2.24, 2.45) is 0 Å². The Morgan fingerprint density at radius 3 is 2.50 bits per heavy atom. The molecular weight excluding hydrogens is 449 g/mol. The maximum atomic E-state index is 13.1. The minimum Gasteiger partial charge on any atom is -0.336 e. The van der Waals surface area contributed by atoms with Gasteiger partial charge in [-0.3, -0.25) is 14.7 Å². The number of amides is 1. The molecule has 8 heteroatoms. The average molecular weight is 474 g/mol. The number of nitrogens with zero attached hydrogens (tertiary/aromatic N) is 4. The number of piperazine rings is 1. The molecule has 2 aromatic heterocycles. The summed E-state index contributed by atoms with van der Waals surface area (Å²) in [6.45, 7) is 3.64. The zero-order valence-corrected chi connectivity index (χ0v) is 19.3. The number of nitrogens with one attached hydrogen (secondary N) is 1. The molecule has 172 valence electrons. The zero-order valence-electron chi connectivity index (χ0n) is 18.5. The summed E-state index contributed by atoms with van der Waals surface area (Å²) in [5, 5.41) is 1.08. The van der Waals surface area contributed by atoms with Crippen molar-refractivity contribution in [2.45, 2.75) is 11.4 Å². The monoisotopic (exact) mass is 473 g/mol. The average Bonchev–Trinajstić information content (AvgIpc) is 2.89. The number of para-hydroxylation sites is 1. The first-order valence-electron chi connectivity index (χ1n) is 11.1. The highest BCUT2D eigenvalue weighted by molar-refractivity contribution is 8.00. The molecule has 0 spiro atoms. The molecule has 6 nitrogen and oxygen atoms in total. The number of carbonyl (C=O) groups excluding carboxylic acids is 1. The minimum atomic E-state index is -0.224. The number of anilines is 1. The van der Waals surface area contributed by atoms with E-state index in [1.165, 1.54) is 24.1 Å². The molecule has 1 saturated heterocycles. The van der Waals surface area contributed by atoms with Gasteiger partial charge in [-0.05, 0) is 53.9 Å². The number of halogens is 1. The Kier molecular flexibility index (Phi) is 6.69. The predicted molar refractivity (Wildman–Crippen MR) is 133 cm³/mol. The van der Waals surface area contributed by atoms with E-state index in [1.54, 1.807) is 12.4 Å². The van der Waals surface area contributed by atoms with Gasteiger partial charge < -0.3 is 9.62 Å². The molecule has 0 radical (unpaired) electrons. The van der Waals surface area contributed by atoms with Crippen LogP contribution in [-0.4, -0.2) is 51.9 Å². The van der Waals surface area contributed by atoms with Gasteiger partial charge in [0, 0.05) is 50.5 Å². The van der Waals surface area contributed by atoms with E-state index in [2.05, 4.69) is 19.6 Å². The van der Waals surface area contributed by atoms with E-state index in [0.717, 1.165) is 41.0 Å². The first-order valence-corrected chi connectivity index (χ1v) is 12.0. The van der Waals surface area contributed by atoms with Crippen molar-refractivity contribution in [1.29, 1.82) is 0 Å². The van der Waals surface area contributed by atoms with Crippen LogP contribution in [0.2, 0.25) is 0 Å². The topological polar surface area (TPSA) is 61.4 Å². The lowest BCUT2D eigenvalue weighted by atomic mass is 10.2. The molecule has 1 fully saturated rings. The summed E-state index contributed by atoms with van der Waals surface area (Å²) in [6, 6.07) is 20.2. The standard InChI is InChI=1S/C26H24FN5OS/c27-22-9-6-19(7-10-22)18-31-13-15-32(16-14-31)26(33)21-8-11-24(29-17-21)30-34-23-5-1-3-20-4-2-12-28-25(20)23/h1-12,17H,13-16,18H2,(H,29,30). The molecule has 1 aliphatic rings. The summed E-state index contributed by atoms with van der Waals surface area (Å²) in [7, 11) is 0. The third kappa shape index (κ3) is 5.18. The number of carbonyl (C=O) groups is 1. The molecule has 0 atom stereocenters. The van der Waals surface area contributed by atoms with Crippen molar-refractivity contribution in [3.8, 4) is 0 Å². The maximum Gasteiger partial charge on any atom is 0.255 e. The fourth-order valence-corrected chi connectivity index (χ4v) is 4.74. The second-order valence-corrected chi connectivity index (χ2v) is 9.01. The van der Waals surface area contributed by atoms with Crippen LogP contribution in [0.1, 0.15) is 15.9 Å². The van der Waals surface area contributed by atoms with Gasteiger partial charge in [-0.15, -0.1) is 0 Å². The van der Waals surface area contributed by atoms with E-state index >= 15 is 0 Å². The summed E-state index contributed by atoms with van der Waals surface area (Å²) in [5.41, 5.74) is 2.59. The van der Waals surface area contributed by atoms with Crippen molar-refractivity contribution in [1.82, 2.24) is 19.8 Å². The Labute approximate surface area is 202 Å². The zero-order chi connectivity index (χ0) is 23.3. The predicted octanol–water partition coefficient (Wildman–Crippen LogP) is 4.85.